The van der Waals surface area contributed by atoms with Gasteiger partial charge in [-0.25, -0.2) is 0 Å². The van der Waals surface area contributed by atoms with Crippen LogP contribution in [0.5, 0.6) is 0 Å². The normalized spacial score (nSPS) is 19.6. The molecule has 1 aromatic rings. The zero-order chi connectivity index (χ0) is 13.0. The highest BCUT2D eigenvalue weighted by Crippen LogP contribution is 2.01. The first-order chi connectivity index (χ1) is 8.70. The molecule has 2 rings (SSSR count). The molecule has 0 aromatic carbocycles. The third kappa shape index (κ3) is 2.86. The lowest BCUT2D eigenvalue weighted by atomic mass is 10.2. The molecule has 18 heavy (non-hydrogen) atoms. The third-order valence-corrected chi connectivity index (χ3v) is 2.95. The molecule has 1 atom stereocenters. The topological polar surface area (TPSA) is 79.3 Å². The zero-order valence-corrected chi connectivity index (χ0v) is 10.3. The molecule has 1 aliphatic heterocycles. The first-order valence-electron chi connectivity index (χ1n) is 5.91. The third-order valence-electron chi connectivity index (χ3n) is 2.95. The summed E-state index contributed by atoms with van der Waals surface area (Å²) in [4.78, 5) is 25.2. The number of amides is 2. The van der Waals surface area contributed by atoms with Gasteiger partial charge in [-0.05, 0) is 6.07 Å². The maximum absolute atomic E-state index is 12.0. The zero-order valence-electron chi connectivity index (χ0n) is 10.3. The van der Waals surface area contributed by atoms with Crippen LogP contribution in [-0.4, -0.2) is 59.2 Å². The van der Waals surface area contributed by atoms with Gasteiger partial charge in [0.2, 0.25) is 11.8 Å². The van der Waals surface area contributed by atoms with Gasteiger partial charge in [-0.1, -0.05) is 0 Å². The Morgan fingerprint density at radius 3 is 3.06 bits per heavy atom. The average Bonchev–Trinajstić information content (AvgIpc) is 2.90. The molecule has 0 unspecified atom stereocenters. The quantitative estimate of drug-likeness (QED) is 0.680. The monoisotopic (exact) mass is 251 g/mol. The minimum absolute atomic E-state index is 0.0193. The fourth-order valence-corrected chi connectivity index (χ4v) is 1.96. The van der Waals surface area contributed by atoms with Crippen molar-refractivity contribution < 1.29 is 9.59 Å². The van der Waals surface area contributed by atoms with Crippen LogP contribution in [0.15, 0.2) is 18.5 Å². The van der Waals surface area contributed by atoms with Gasteiger partial charge in [-0.2, -0.15) is 5.10 Å². The number of carbonyl (C=O) groups is 2. The molecule has 0 radical (unpaired) electrons. The van der Waals surface area contributed by atoms with Gasteiger partial charge in [-0.3, -0.25) is 14.3 Å². The molecule has 2 heterocycles. The van der Waals surface area contributed by atoms with E-state index in [4.69, 9.17) is 0 Å². The molecular formula is C11H17N5O2. The van der Waals surface area contributed by atoms with Crippen molar-refractivity contribution in [1.29, 1.82) is 0 Å². The summed E-state index contributed by atoms with van der Waals surface area (Å²) in [6.07, 6.45) is 3.38. The maximum Gasteiger partial charge on any atom is 0.244 e. The van der Waals surface area contributed by atoms with Gasteiger partial charge < -0.3 is 15.5 Å². The summed E-state index contributed by atoms with van der Waals surface area (Å²) in [7, 11) is 1.59. The molecule has 1 aromatic heterocycles. The molecule has 1 fully saturated rings. The van der Waals surface area contributed by atoms with Crippen LogP contribution >= 0.6 is 0 Å². The summed E-state index contributed by atoms with van der Waals surface area (Å²) in [6.45, 7) is 1.86. The first kappa shape index (κ1) is 12.6. The summed E-state index contributed by atoms with van der Waals surface area (Å²) in [5.41, 5.74) is 0. The van der Waals surface area contributed by atoms with Crippen molar-refractivity contribution in [1.82, 2.24) is 25.3 Å². The molecule has 2 amide bonds. The lowest BCUT2D eigenvalue weighted by Crippen LogP contribution is -2.58. The second-order valence-corrected chi connectivity index (χ2v) is 4.16. The predicted molar refractivity (Wildman–Crippen MR) is 64.7 cm³/mol. The molecule has 0 bridgehead atoms. The van der Waals surface area contributed by atoms with Crippen molar-refractivity contribution in [2.45, 2.75) is 12.6 Å². The van der Waals surface area contributed by atoms with Crippen molar-refractivity contribution in [3.63, 3.8) is 0 Å². The van der Waals surface area contributed by atoms with Crippen LogP contribution in [0.4, 0.5) is 0 Å². The van der Waals surface area contributed by atoms with Crippen molar-refractivity contribution in [2.75, 3.05) is 26.7 Å². The van der Waals surface area contributed by atoms with Crippen LogP contribution in [0.3, 0.4) is 0 Å². The highest BCUT2D eigenvalue weighted by atomic mass is 16.2. The molecule has 0 saturated carbocycles. The van der Waals surface area contributed by atoms with Gasteiger partial charge >= 0.3 is 0 Å². The fourth-order valence-electron chi connectivity index (χ4n) is 1.96. The van der Waals surface area contributed by atoms with Crippen molar-refractivity contribution in [2.24, 2.45) is 0 Å². The van der Waals surface area contributed by atoms with E-state index in [-0.39, 0.29) is 24.4 Å². The minimum Gasteiger partial charge on any atom is -0.358 e. The van der Waals surface area contributed by atoms with E-state index in [1.54, 1.807) is 35.1 Å². The van der Waals surface area contributed by atoms with E-state index in [1.165, 1.54) is 0 Å². The van der Waals surface area contributed by atoms with Gasteiger partial charge in [-0.15, -0.1) is 0 Å². The number of hydrogen-bond acceptors (Lipinski definition) is 4. The summed E-state index contributed by atoms with van der Waals surface area (Å²) in [6, 6.07) is 1.45. The largest absolute Gasteiger partial charge is 0.358 e. The van der Waals surface area contributed by atoms with E-state index in [0.29, 0.717) is 19.6 Å². The predicted octanol–water partition coefficient (Wildman–Crippen LogP) is -1.57. The Kier molecular flexibility index (Phi) is 3.93. The molecular weight excluding hydrogens is 234 g/mol. The Morgan fingerprint density at radius 1 is 1.56 bits per heavy atom. The fraction of sp³-hybridized carbons (Fsp3) is 0.545. The Morgan fingerprint density at radius 2 is 2.39 bits per heavy atom. The molecule has 7 heteroatoms. The van der Waals surface area contributed by atoms with E-state index in [2.05, 4.69) is 15.7 Å². The van der Waals surface area contributed by atoms with E-state index in [9.17, 15) is 9.59 Å². The van der Waals surface area contributed by atoms with E-state index >= 15 is 0 Å². The van der Waals surface area contributed by atoms with Gasteiger partial charge in [0.25, 0.3) is 0 Å². The summed E-state index contributed by atoms with van der Waals surface area (Å²) in [5, 5.41) is 9.66. The summed E-state index contributed by atoms with van der Waals surface area (Å²) in [5.74, 6) is -0.110. The van der Waals surface area contributed by atoms with Crippen LogP contribution in [-0.2, 0) is 16.1 Å². The molecule has 0 spiro atoms. The number of carbonyl (C=O) groups excluding carboxylic acids is 2. The van der Waals surface area contributed by atoms with Gasteiger partial charge in [0.05, 0.1) is 0 Å². The van der Waals surface area contributed by atoms with Crippen LogP contribution in [0, 0.1) is 0 Å². The number of nitrogens with one attached hydrogen (secondary N) is 2. The van der Waals surface area contributed by atoms with Gasteiger partial charge in [0, 0.05) is 39.1 Å². The van der Waals surface area contributed by atoms with Crippen molar-refractivity contribution >= 4 is 11.8 Å². The Labute approximate surface area is 105 Å². The average molecular weight is 251 g/mol. The molecule has 1 aliphatic rings. The second kappa shape index (κ2) is 5.63. The van der Waals surface area contributed by atoms with Crippen LogP contribution in [0.1, 0.15) is 0 Å². The number of rotatable bonds is 3. The number of aromatic nitrogens is 2. The number of nitrogens with zero attached hydrogens (tertiary/aromatic N) is 3. The van der Waals surface area contributed by atoms with E-state index in [0.717, 1.165) is 0 Å². The number of hydrogen-bond donors (Lipinski definition) is 2. The van der Waals surface area contributed by atoms with Crippen LogP contribution < -0.4 is 10.6 Å². The number of likely N-dealkylation sites (N-methyl/N-ethyl adjacent to an activating group) is 1. The van der Waals surface area contributed by atoms with Crippen LogP contribution in [0.2, 0.25) is 0 Å². The molecule has 98 valence electrons. The van der Waals surface area contributed by atoms with Gasteiger partial charge in [0.1, 0.15) is 12.6 Å². The molecule has 7 nitrogen and oxygen atoms in total. The molecule has 2 N–H and O–H groups in total. The smallest absolute Gasteiger partial charge is 0.244 e. The number of piperazine rings is 1. The lowest BCUT2D eigenvalue weighted by Gasteiger charge is -2.32. The second-order valence-electron chi connectivity index (χ2n) is 4.16. The Hall–Kier alpha value is -1.89. The summed E-state index contributed by atoms with van der Waals surface area (Å²) >= 11 is 0. The first-order valence-corrected chi connectivity index (χ1v) is 5.91. The van der Waals surface area contributed by atoms with Crippen molar-refractivity contribution in [3.8, 4) is 0 Å². The van der Waals surface area contributed by atoms with Crippen molar-refractivity contribution in [3.05, 3.63) is 18.5 Å². The molecule has 0 aliphatic carbocycles. The molecule has 1 saturated heterocycles. The standard InChI is InChI=1S/C11H17N5O2/c1-12-11(18)9-7-15(6-4-13-9)10(17)8-16-5-2-3-14-16/h2-3,5,9,13H,4,6-8H2,1H3,(H,12,18)/t9-/m0/s1. The SMILES string of the molecule is CNC(=O)[C@@H]1CN(C(=O)Cn2cccn2)CCN1. The Balaban J connectivity index is 1.92. The van der Waals surface area contributed by atoms with E-state index in [1.807, 2.05) is 0 Å². The van der Waals surface area contributed by atoms with Crippen LogP contribution in [0.25, 0.3) is 0 Å². The lowest BCUT2D eigenvalue weighted by molar-refractivity contribution is -0.134. The highest BCUT2D eigenvalue weighted by Gasteiger charge is 2.27. The van der Waals surface area contributed by atoms with E-state index < -0.39 is 0 Å². The maximum atomic E-state index is 12.0. The summed E-state index contributed by atoms with van der Waals surface area (Å²) < 4.78 is 1.58. The Bertz CT molecular complexity index is 417. The highest BCUT2D eigenvalue weighted by molar-refractivity contribution is 5.83. The minimum atomic E-state index is -0.328. The van der Waals surface area contributed by atoms with Gasteiger partial charge in [0.15, 0.2) is 0 Å².